The smallest absolute Gasteiger partial charge is 0.268 e. The molecule has 0 radical (unpaired) electrons. The van der Waals surface area contributed by atoms with Crippen LogP contribution in [-0.4, -0.2) is 49.2 Å². The number of sulfone groups is 1. The second-order valence-electron chi connectivity index (χ2n) is 10.9. The van der Waals surface area contributed by atoms with E-state index in [1.807, 2.05) is 39.0 Å². The van der Waals surface area contributed by atoms with Crippen LogP contribution in [0.25, 0.3) is 10.8 Å². The highest BCUT2D eigenvalue weighted by atomic mass is 32.2. The maximum absolute atomic E-state index is 14.2. The van der Waals surface area contributed by atoms with Crippen molar-refractivity contribution in [2.75, 3.05) is 19.4 Å². The van der Waals surface area contributed by atoms with Gasteiger partial charge in [-0.3, -0.25) is 4.79 Å². The molecule has 1 aromatic heterocycles. The molecule has 1 amide bonds. The lowest BCUT2D eigenvalue weighted by molar-refractivity contribution is -0.138. The number of amides is 1. The van der Waals surface area contributed by atoms with Crippen molar-refractivity contribution in [1.82, 2.24) is 9.88 Å². The lowest BCUT2D eigenvalue weighted by Crippen LogP contribution is -2.34. The summed E-state index contributed by atoms with van der Waals surface area (Å²) >= 11 is 0. The number of carbonyl (C=O) groups excluding carboxylic acids is 1. The third-order valence-corrected chi connectivity index (χ3v) is 9.56. The molecule has 0 spiro atoms. The normalized spacial score (nSPS) is 14.0. The number of nitrogen functional groups attached to an aromatic ring is 1. The monoisotopic (exact) mass is 603 g/mol. The summed E-state index contributed by atoms with van der Waals surface area (Å²) in [5.41, 5.74) is 7.16. The molecule has 1 aliphatic rings. The van der Waals surface area contributed by atoms with Crippen LogP contribution in [0.4, 0.5) is 5.82 Å². The number of ether oxygens (including phenoxy) is 3. The van der Waals surface area contributed by atoms with E-state index in [1.54, 1.807) is 61.8 Å². The number of likely N-dealkylation sites (N-methyl/N-ethyl adjacent to an activating group) is 1. The van der Waals surface area contributed by atoms with E-state index in [-0.39, 0.29) is 28.7 Å². The molecule has 4 aromatic rings. The first-order valence-corrected chi connectivity index (χ1v) is 15.9. The van der Waals surface area contributed by atoms with Crippen molar-refractivity contribution in [3.8, 4) is 17.2 Å². The van der Waals surface area contributed by atoms with Gasteiger partial charge in [-0.25, -0.2) is 13.4 Å². The Bertz CT molecular complexity index is 1740. The van der Waals surface area contributed by atoms with E-state index in [0.717, 1.165) is 10.8 Å². The zero-order chi connectivity index (χ0) is 30.7. The van der Waals surface area contributed by atoms with E-state index in [0.29, 0.717) is 53.6 Å². The molecule has 43 heavy (non-hydrogen) atoms. The van der Waals surface area contributed by atoms with Crippen LogP contribution in [0.3, 0.4) is 0 Å². The first kappa shape index (κ1) is 30.2. The minimum Gasteiger partial charge on any atom is -0.490 e. The Balaban J connectivity index is 1.51. The van der Waals surface area contributed by atoms with Gasteiger partial charge in [0.05, 0.1) is 22.9 Å². The van der Waals surface area contributed by atoms with Crippen molar-refractivity contribution in [2.45, 2.75) is 62.5 Å². The average molecular weight is 604 g/mol. The van der Waals surface area contributed by atoms with E-state index in [2.05, 4.69) is 4.98 Å². The van der Waals surface area contributed by atoms with E-state index in [1.165, 1.54) is 4.90 Å². The number of fused-ring (bicyclic) bond motifs is 1. The first-order chi connectivity index (χ1) is 20.6. The molecule has 10 heteroatoms. The molecule has 1 fully saturated rings. The highest BCUT2D eigenvalue weighted by Crippen LogP contribution is 2.37. The molecule has 1 unspecified atom stereocenters. The van der Waals surface area contributed by atoms with Crippen molar-refractivity contribution in [3.05, 3.63) is 84.1 Å². The Hall–Kier alpha value is -4.31. The number of pyridine rings is 1. The van der Waals surface area contributed by atoms with Crippen LogP contribution in [0, 0.1) is 0 Å². The van der Waals surface area contributed by atoms with Crippen LogP contribution in [0.2, 0.25) is 0 Å². The van der Waals surface area contributed by atoms with Gasteiger partial charge in [-0.1, -0.05) is 24.3 Å². The van der Waals surface area contributed by atoms with E-state index in [4.69, 9.17) is 19.9 Å². The summed E-state index contributed by atoms with van der Waals surface area (Å²) in [5, 5.41) is 1.24. The van der Waals surface area contributed by atoms with E-state index in [9.17, 15) is 13.2 Å². The topological polar surface area (TPSA) is 121 Å². The minimum absolute atomic E-state index is 0.0728. The molecular weight excluding hydrogens is 566 g/mol. The van der Waals surface area contributed by atoms with Crippen molar-refractivity contribution >= 4 is 32.3 Å². The number of nitrogens with two attached hydrogens (primary N) is 1. The van der Waals surface area contributed by atoms with Crippen LogP contribution in [0.1, 0.15) is 50.8 Å². The van der Waals surface area contributed by atoms with Gasteiger partial charge < -0.3 is 24.8 Å². The molecule has 0 bridgehead atoms. The highest BCUT2D eigenvalue weighted by molar-refractivity contribution is 7.92. The van der Waals surface area contributed by atoms with Gasteiger partial charge in [0.1, 0.15) is 11.6 Å². The molecule has 9 nitrogen and oxygen atoms in total. The molecule has 1 atom stereocenters. The van der Waals surface area contributed by atoms with Gasteiger partial charge in [0.25, 0.3) is 5.91 Å². The fraction of sp³-hybridized carbons (Fsp3) is 0.333. The van der Waals surface area contributed by atoms with Gasteiger partial charge in [-0.2, -0.15) is 0 Å². The third kappa shape index (κ3) is 6.69. The Morgan fingerprint density at radius 1 is 1.02 bits per heavy atom. The predicted molar refractivity (Wildman–Crippen MR) is 166 cm³/mol. The average Bonchev–Trinajstić information content (AvgIpc) is 3.83. The Labute approximate surface area is 252 Å². The van der Waals surface area contributed by atoms with Gasteiger partial charge in [0.15, 0.2) is 21.3 Å². The second-order valence-corrected chi connectivity index (χ2v) is 13.1. The van der Waals surface area contributed by atoms with Crippen molar-refractivity contribution in [1.29, 1.82) is 0 Å². The van der Waals surface area contributed by atoms with Crippen LogP contribution >= 0.6 is 0 Å². The number of aromatic nitrogens is 1. The summed E-state index contributed by atoms with van der Waals surface area (Å²) in [4.78, 5) is 20.1. The lowest BCUT2D eigenvalue weighted by Gasteiger charge is -2.26. The largest absolute Gasteiger partial charge is 0.490 e. The van der Waals surface area contributed by atoms with Gasteiger partial charge in [-0.15, -0.1) is 0 Å². The summed E-state index contributed by atoms with van der Waals surface area (Å²) in [6, 6.07) is 19.4. The maximum atomic E-state index is 14.2. The van der Waals surface area contributed by atoms with Crippen LogP contribution in [0.15, 0.2) is 77.8 Å². The molecule has 3 aromatic carbocycles. The van der Waals surface area contributed by atoms with Gasteiger partial charge >= 0.3 is 0 Å². The summed E-state index contributed by atoms with van der Waals surface area (Å²) in [5.74, 6) is 1.57. The fourth-order valence-corrected chi connectivity index (χ4v) is 6.84. The molecule has 226 valence electrons. The van der Waals surface area contributed by atoms with Gasteiger partial charge in [0, 0.05) is 30.7 Å². The van der Waals surface area contributed by atoms with Crippen molar-refractivity contribution in [2.24, 2.45) is 0 Å². The SMILES string of the molecule is CCOc1cc(C(Oc2ccc3c(N)nccc3c2)C(=O)N(C)Cc2ccccc2S(=O)(=O)C2CC2)ccc1OC(C)C. The quantitative estimate of drug-likeness (QED) is 0.218. The van der Waals surface area contributed by atoms with Crippen LogP contribution in [-0.2, 0) is 21.2 Å². The first-order valence-electron chi connectivity index (χ1n) is 14.4. The molecular formula is C33H37N3O6S. The summed E-state index contributed by atoms with van der Waals surface area (Å²) in [6.45, 7) is 6.23. The summed E-state index contributed by atoms with van der Waals surface area (Å²) in [6.07, 6.45) is 1.80. The van der Waals surface area contributed by atoms with Crippen LogP contribution < -0.4 is 19.9 Å². The number of rotatable bonds is 12. The van der Waals surface area contributed by atoms with Crippen molar-refractivity contribution in [3.63, 3.8) is 0 Å². The minimum atomic E-state index is -3.45. The van der Waals surface area contributed by atoms with Crippen molar-refractivity contribution < 1.29 is 27.4 Å². The molecule has 1 heterocycles. The van der Waals surface area contributed by atoms with Gasteiger partial charge in [-0.05, 0) is 87.0 Å². The third-order valence-electron chi connectivity index (χ3n) is 7.20. The van der Waals surface area contributed by atoms with Crippen LogP contribution in [0.5, 0.6) is 17.2 Å². The predicted octanol–water partition coefficient (Wildman–Crippen LogP) is 5.72. The maximum Gasteiger partial charge on any atom is 0.268 e. The zero-order valence-corrected chi connectivity index (χ0v) is 25.6. The Morgan fingerprint density at radius 2 is 1.79 bits per heavy atom. The zero-order valence-electron chi connectivity index (χ0n) is 24.8. The second kappa shape index (κ2) is 12.5. The lowest BCUT2D eigenvalue weighted by atomic mass is 10.1. The summed E-state index contributed by atoms with van der Waals surface area (Å²) in [7, 11) is -1.81. The van der Waals surface area contributed by atoms with E-state index < -0.39 is 15.9 Å². The molecule has 5 rings (SSSR count). The Morgan fingerprint density at radius 3 is 2.51 bits per heavy atom. The molecule has 0 saturated heterocycles. The summed E-state index contributed by atoms with van der Waals surface area (Å²) < 4.78 is 44.5. The van der Waals surface area contributed by atoms with E-state index >= 15 is 0 Å². The number of carbonyl (C=O) groups is 1. The molecule has 0 aliphatic heterocycles. The number of nitrogens with zero attached hydrogens (tertiary/aromatic N) is 2. The fourth-order valence-electron chi connectivity index (χ4n) is 4.96. The number of hydrogen-bond acceptors (Lipinski definition) is 8. The Kier molecular flexibility index (Phi) is 8.77. The number of benzene rings is 3. The number of anilines is 1. The molecule has 1 aliphatic carbocycles. The van der Waals surface area contributed by atoms with Gasteiger partial charge in [0.2, 0.25) is 6.10 Å². The molecule has 2 N–H and O–H groups in total. The number of hydrogen-bond donors (Lipinski definition) is 1. The highest BCUT2D eigenvalue weighted by Gasteiger charge is 2.38. The molecule has 1 saturated carbocycles. The standard InChI is InChI=1S/C33H37N3O6S/c1-5-40-29-19-23(10-15-28(29)41-21(2)3)31(42-25-11-14-27-22(18-25)16-17-35-32(27)34)33(37)36(4)20-24-8-6-7-9-30(24)43(38,39)26-12-13-26/h6-11,14-19,21,26,31H,5,12-13,20H2,1-4H3,(H2,34,35).